The molecule has 5 heteroatoms. The standard InChI is InChI=1S/C14H13FN2O2/c1-8-5-6-12(10(15)7-8)17-14(19)9-3-2-4-11(16)13(9)18/h2-7,18H,16H2,1H3,(H,17,19). The number of nitrogen functional groups attached to an aromatic ring is 1. The van der Waals surface area contributed by atoms with Gasteiger partial charge in [0.2, 0.25) is 0 Å². The molecule has 0 radical (unpaired) electrons. The van der Waals surface area contributed by atoms with E-state index in [0.29, 0.717) is 0 Å². The van der Waals surface area contributed by atoms with Crippen molar-refractivity contribution < 1.29 is 14.3 Å². The maximum atomic E-state index is 13.6. The molecule has 0 saturated carbocycles. The van der Waals surface area contributed by atoms with Crippen LogP contribution in [0.5, 0.6) is 5.75 Å². The van der Waals surface area contributed by atoms with E-state index in [9.17, 15) is 14.3 Å². The number of halogens is 1. The van der Waals surface area contributed by atoms with E-state index in [1.807, 2.05) is 0 Å². The Balaban J connectivity index is 2.28. The number of carbonyl (C=O) groups is 1. The summed E-state index contributed by atoms with van der Waals surface area (Å²) in [5.41, 5.74) is 6.40. The average Bonchev–Trinajstić information content (AvgIpc) is 2.36. The summed E-state index contributed by atoms with van der Waals surface area (Å²) in [7, 11) is 0. The van der Waals surface area contributed by atoms with E-state index < -0.39 is 11.7 Å². The van der Waals surface area contributed by atoms with E-state index >= 15 is 0 Å². The third kappa shape index (κ3) is 2.65. The Bertz CT molecular complexity index is 641. The van der Waals surface area contributed by atoms with E-state index in [1.54, 1.807) is 13.0 Å². The summed E-state index contributed by atoms with van der Waals surface area (Å²) in [6.07, 6.45) is 0. The molecule has 0 unspecified atom stereocenters. The molecule has 0 spiro atoms. The highest BCUT2D eigenvalue weighted by molar-refractivity contribution is 6.07. The summed E-state index contributed by atoms with van der Waals surface area (Å²) in [6, 6.07) is 8.87. The highest BCUT2D eigenvalue weighted by Crippen LogP contribution is 2.25. The molecule has 0 aliphatic carbocycles. The molecule has 0 saturated heterocycles. The van der Waals surface area contributed by atoms with Gasteiger partial charge >= 0.3 is 0 Å². The van der Waals surface area contributed by atoms with Gasteiger partial charge in [0.1, 0.15) is 5.82 Å². The summed E-state index contributed by atoms with van der Waals surface area (Å²) in [6.45, 7) is 1.75. The lowest BCUT2D eigenvalue weighted by Crippen LogP contribution is -2.13. The largest absolute Gasteiger partial charge is 0.505 e. The van der Waals surface area contributed by atoms with Gasteiger partial charge in [-0.3, -0.25) is 4.79 Å². The number of hydrogen-bond acceptors (Lipinski definition) is 3. The van der Waals surface area contributed by atoms with Gasteiger partial charge in [0.25, 0.3) is 5.91 Å². The fraction of sp³-hybridized carbons (Fsp3) is 0.0714. The van der Waals surface area contributed by atoms with E-state index in [1.165, 1.54) is 30.3 Å². The number of phenols is 1. The molecule has 0 aliphatic rings. The Morgan fingerprint density at radius 3 is 2.74 bits per heavy atom. The average molecular weight is 260 g/mol. The van der Waals surface area contributed by atoms with Crippen LogP contribution >= 0.6 is 0 Å². The zero-order valence-electron chi connectivity index (χ0n) is 10.3. The number of amides is 1. The number of aromatic hydroxyl groups is 1. The Morgan fingerprint density at radius 2 is 2.05 bits per heavy atom. The molecule has 0 fully saturated rings. The number of aryl methyl sites for hydroxylation is 1. The van der Waals surface area contributed by atoms with Gasteiger partial charge < -0.3 is 16.2 Å². The van der Waals surface area contributed by atoms with Crippen LogP contribution in [0.2, 0.25) is 0 Å². The highest BCUT2D eigenvalue weighted by atomic mass is 19.1. The first-order chi connectivity index (χ1) is 8.99. The lowest BCUT2D eigenvalue weighted by molar-refractivity contribution is 0.102. The van der Waals surface area contributed by atoms with Gasteiger partial charge in [0.05, 0.1) is 16.9 Å². The van der Waals surface area contributed by atoms with Gasteiger partial charge in [-0.1, -0.05) is 12.1 Å². The van der Waals surface area contributed by atoms with Crippen LogP contribution in [0, 0.1) is 12.7 Å². The summed E-state index contributed by atoms with van der Waals surface area (Å²) < 4.78 is 13.6. The number of carbonyl (C=O) groups excluding carboxylic acids is 1. The molecule has 1 amide bonds. The Hall–Kier alpha value is -2.56. The third-order valence-corrected chi connectivity index (χ3v) is 2.68. The third-order valence-electron chi connectivity index (χ3n) is 2.68. The van der Waals surface area contributed by atoms with E-state index in [4.69, 9.17) is 5.73 Å². The lowest BCUT2D eigenvalue weighted by atomic mass is 10.1. The summed E-state index contributed by atoms with van der Waals surface area (Å²) in [4.78, 5) is 11.9. The van der Waals surface area contributed by atoms with Crippen LogP contribution < -0.4 is 11.1 Å². The predicted molar refractivity (Wildman–Crippen MR) is 71.6 cm³/mol. The van der Waals surface area contributed by atoms with Crippen molar-refractivity contribution >= 4 is 17.3 Å². The zero-order chi connectivity index (χ0) is 14.0. The molecule has 98 valence electrons. The van der Waals surface area contributed by atoms with Gasteiger partial charge in [-0.15, -0.1) is 0 Å². The molecule has 0 aliphatic heterocycles. The topological polar surface area (TPSA) is 75.4 Å². The maximum Gasteiger partial charge on any atom is 0.259 e. The molecule has 4 nitrogen and oxygen atoms in total. The van der Waals surface area contributed by atoms with E-state index in [2.05, 4.69) is 5.32 Å². The first-order valence-electron chi connectivity index (χ1n) is 5.64. The number of nitrogens with two attached hydrogens (primary N) is 1. The minimum Gasteiger partial charge on any atom is -0.505 e. The van der Waals surface area contributed by atoms with Gasteiger partial charge in [-0.25, -0.2) is 4.39 Å². The normalized spacial score (nSPS) is 10.2. The van der Waals surface area contributed by atoms with Crippen molar-refractivity contribution in [2.75, 3.05) is 11.1 Å². The minimum atomic E-state index is -0.618. The van der Waals surface area contributed by atoms with Crippen molar-refractivity contribution in [3.63, 3.8) is 0 Å². The molecular weight excluding hydrogens is 247 g/mol. The molecule has 0 heterocycles. The number of nitrogens with one attached hydrogen (secondary N) is 1. The zero-order valence-corrected chi connectivity index (χ0v) is 10.3. The minimum absolute atomic E-state index is 0.0000231. The van der Waals surface area contributed by atoms with Crippen molar-refractivity contribution in [2.24, 2.45) is 0 Å². The van der Waals surface area contributed by atoms with Gasteiger partial charge in [-0.2, -0.15) is 0 Å². The van der Waals surface area contributed by atoms with Crippen molar-refractivity contribution in [2.45, 2.75) is 6.92 Å². The van der Waals surface area contributed by atoms with Crippen LogP contribution in [0.25, 0.3) is 0 Å². The molecule has 0 aromatic heterocycles. The fourth-order valence-corrected chi connectivity index (χ4v) is 1.66. The second kappa shape index (κ2) is 4.97. The number of benzene rings is 2. The van der Waals surface area contributed by atoms with Crippen LogP contribution in [0.15, 0.2) is 36.4 Å². The number of hydrogen-bond donors (Lipinski definition) is 3. The highest BCUT2D eigenvalue weighted by Gasteiger charge is 2.14. The second-order valence-electron chi connectivity index (χ2n) is 4.18. The first kappa shape index (κ1) is 12.9. The molecular formula is C14H13FN2O2. The van der Waals surface area contributed by atoms with E-state index in [0.717, 1.165) is 5.56 Å². The van der Waals surface area contributed by atoms with Gasteiger partial charge in [0, 0.05) is 0 Å². The maximum absolute atomic E-state index is 13.6. The Kier molecular flexibility index (Phi) is 3.37. The Labute approximate surface area is 109 Å². The quantitative estimate of drug-likeness (QED) is 0.574. The van der Waals surface area contributed by atoms with Crippen LogP contribution in [0.4, 0.5) is 15.8 Å². The fourth-order valence-electron chi connectivity index (χ4n) is 1.66. The Morgan fingerprint density at radius 1 is 1.32 bits per heavy atom. The van der Waals surface area contributed by atoms with Gasteiger partial charge in [-0.05, 0) is 36.8 Å². The molecule has 0 atom stereocenters. The molecule has 2 aromatic rings. The van der Waals surface area contributed by atoms with Crippen molar-refractivity contribution in [1.29, 1.82) is 0 Å². The van der Waals surface area contributed by atoms with Crippen LogP contribution in [-0.4, -0.2) is 11.0 Å². The number of para-hydroxylation sites is 1. The first-order valence-corrected chi connectivity index (χ1v) is 5.64. The lowest BCUT2D eigenvalue weighted by Gasteiger charge is -2.09. The number of anilines is 2. The molecule has 19 heavy (non-hydrogen) atoms. The molecule has 0 bridgehead atoms. The second-order valence-corrected chi connectivity index (χ2v) is 4.18. The molecule has 2 rings (SSSR count). The summed E-state index contributed by atoms with van der Waals surface area (Å²) in [5.74, 6) is -1.46. The summed E-state index contributed by atoms with van der Waals surface area (Å²) in [5, 5.41) is 12.1. The summed E-state index contributed by atoms with van der Waals surface area (Å²) >= 11 is 0. The van der Waals surface area contributed by atoms with Crippen molar-refractivity contribution in [1.82, 2.24) is 0 Å². The predicted octanol–water partition coefficient (Wildman–Crippen LogP) is 2.67. The molecule has 2 aromatic carbocycles. The van der Waals surface area contributed by atoms with Gasteiger partial charge in [0.15, 0.2) is 5.75 Å². The SMILES string of the molecule is Cc1ccc(NC(=O)c2cccc(N)c2O)c(F)c1. The monoisotopic (exact) mass is 260 g/mol. The molecule has 4 N–H and O–H groups in total. The van der Waals surface area contributed by atoms with Crippen LogP contribution in [0.3, 0.4) is 0 Å². The van der Waals surface area contributed by atoms with Crippen molar-refractivity contribution in [3.8, 4) is 5.75 Å². The smallest absolute Gasteiger partial charge is 0.259 e. The van der Waals surface area contributed by atoms with Crippen molar-refractivity contribution in [3.05, 3.63) is 53.3 Å². The number of rotatable bonds is 2. The van der Waals surface area contributed by atoms with Crippen LogP contribution in [0.1, 0.15) is 15.9 Å². The van der Waals surface area contributed by atoms with Crippen LogP contribution in [-0.2, 0) is 0 Å². The van der Waals surface area contributed by atoms with E-state index in [-0.39, 0.29) is 22.7 Å². The number of phenolic OH excluding ortho intramolecular Hbond substituents is 1.